The van der Waals surface area contributed by atoms with Gasteiger partial charge in [-0.1, -0.05) is 13.8 Å². The van der Waals surface area contributed by atoms with Crippen LogP contribution in [-0.2, 0) is 9.53 Å². The molecule has 14 heavy (non-hydrogen) atoms. The summed E-state index contributed by atoms with van der Waals surface area (Å²) in [6.45, 7) is 5.98. The highest BCUT2D eigenvalue weighted by molar-refractivity contribution is 5.87. The molecule has 0 aromatic heterocycles. The fraction of sp³-hybridized carbons (Fsp3) is 0.727. The lowest BCUT2D eigenvalue weighted by Crippen LogP contribution is -2.49. The normalized spacial score (nSPS) is 40.1. The van der Waals surface area contributed by atoms with E-state index in [9.17, 15) is 9.90 Å². The van der Waals surface area contributed by atoms with Crippen LogP contribution >= 0.6 is 0 Å². The van der Waals surface area contributed by atoms with E-state index >= 15 is 0 Å². The van der Waals surface area contributed by atoms with E-state index in [0.717, 1.165) is 12.0 Å². The van der Waals surface area contributed by atoms with E-state index in [-0.39, 0.29) is 11.4 Å². The highest BCUT2D eigenvalue weighted by Crippen LogP contribution is 2.50. The summed E-state index contributed by atoms with van der Waals surface area (Å²) in [5.74, 6) is -0.323. The number of hydrogen-bond donors (Lipinski definition) is 1. The maximum Gasteiger partial charge on any atom is 0.331 e. The number of carbonyl (C=O) groups is 1. The van der Waals surface area contributed by atoms with Crippen LogP contribution in [0.3, 0.4) is 0 Å². The summed E-state index contributed by atoms with van der Waals surface area (Å²) in [6.07, 6.45) is 2.57. The van der Waals surface area contributed by atoms with E-state index in [4.69, 9.17) is 4.74 Å². The Balaban J connectivity index is 2.46. The van der Waals surface area contributed by atoms with Crippen molar-refractivity contribution in [3.05, 3.63) is 11.6 Å². The van der Waals surface area contributed by atoms with Gasteiger partial charge in [0.15, 0.2) is 5.60 Å². The molecule has 0 bridgehead atoms. The number of carbonyl (C=O) groups excluding carboxylic acids is 1. The third-order valence-electron chi connectivity index (χ3n) is 3.52. The van der Waals surface area contributed by atoms with Crippen LogP contribution in [0.5, 0.6) is 0 Å². The van der Waals surface area contributed by atoms with Crippen LogP contribution in [0.25, 0.3) is 0 Å². The van der Waals surface area contributed by atoms with Gasteiger partial charge in [-0.15, -0.1) is 0 Å². The van der Waals surface area contributed by atoms with Gasteiger partial charge in [-0.05, 0) is 30.8 Å². The molecule has 1 aliphatic heterocycles. The van der Waals surface area contributed by atoms with Gasteiger partial charge in [0, 0.05) is 6.08 Å². The van der Waals surface area contributed by atoms with Crippen molar-refractivity contribution in [1.82, 2.24) is 0 Å². The standard InChI is InChI=1S/C11H16O3/c1-10(2)5-4-8(12)11(3)7(10)6-9(13)14-11/h6,8,12H,4-5H2,1-3H3. The fourth-order valence-electron chi connectivity index (χ4n) is 2.58. The molecular weight excluding hydrogens is 180 g/mol. The predicted octanol–water partition coefficient (Wildman–Crippen LogP) is 1.41. The lowest BCUT2D eigenvalue weighted by atomic mass is 9.65. The number of aliphatic hydroxyl groups excluding tert-OH is 1. The first-order valence-electron chi connectivity index (χ1n) is 5.00. The molecule has 2 rings (SSSR count). The molecule has 1 saturated carbocycles. The minimum absolute atomic E-state index is 0.0415. The molecule has 0 aromatic rings. The molecular formula is C11H16O3. The van der Waals surface area contributed by atoms with Crippen molar-refractivity contribution in [2.75, 3.05) is 0 Å². The van der Waals surface area contributed by atoms with Gasteiger partial charge in [0.2, 0.25) is 0 Å². The number of esters is 1. The Kier molecular flexibility index (Phi) is 1.80. The molecule has 2 unspecified atom stereocenters. The van der Waals surface area contributed by atoms with Crippen LogP contribution in [0.1, 0.15) is 33.6 Å². The Morgan fingerprint density at radius 2 is 2.14 bits per heavy atom. The summed E-state index contributed by atoms with van der Waals surface area (Å²) in [5.41, 5.74) is 0.118. The molecule has 0 aromatic carbocycles. The first kappa shape index (κ1) is 9.71. The first-order chi connectivity index (χ1) is 6.36. The van der Waals surface area contributed by atoms with Crippen LogP contribution < -0.4 is 0 Å². The van der Waals surface area contributed by atoms with Crippen LogP contribution in [-0.4, -0.2) is 22.8 Å². The van der Waals surface area contributed by atoms with Crippen LogP contribution in [0.2, 0.25) is 0 Å². The minimum Gasteiger partial charge on any atom is -0.449 e. The third kappa shape index (κ3) is 1.12. The summed E-state index contributed by atoms with van der Waals surface area (Å²) in [7, 11) is 0. The smallest absolute Gasteiger partial charge is 0.331 e. The molecule has 2 atom stereocenters. The largest absolute Gasteiger partial charge is 0.449 e. The predicted molar refractivity (Wildman–Crippen MR) is 51.6 cm³/mol. The number of hydrogen-bond acceptors (Lipinski definition) is 3. The quantitative estimate of drug-likeness (QED) is 0.596. The SMILES string of the molecule is CC1(C)CCC(O)C2(C)OC(=O)C=C12. The molecule has 3 nitrogen and oxygen atoms in total. The van der Waals surface area contributed by atoms with Crippen LogP contribution in [0, 0.1) is 5.41 Å². The molecule has 78 valence electrons. The van der Waals surface area contributed by atoms with Gasteiger partial charge >= 0.3 is 5.97 Å². The second-order valence-electron chi connectivity index (χ2n) is 5.02. The summed E-state index contributed by atoms with van der Waals surface area (Å²) >= 11 is 0. The second kappa shape index (κ2) is 2.60. The van der Waals surface area contributed by atoms with Crippen molar-refractivity contribution in [2.45, 2.75) is 45.3 Å². The monoisotopic (exact) mass is 196 g/mol. The lowest BCUT2D eigenvalue weighted by Gasteiger charge is -2.44. The first-order valence-corrected chi connectivity index (χ1v) is 5.00. The van der Waals surface area contributed by atoms with Gasteiger partial charge < -0.3 is 9.84 Å². The fourth-order valence-corrected chi connectivity index (χ4v) is 2.58. The maximum atomic E-state index is 11.2. The Hall–Kier alpha value is -0.830. The maximum absolute atomic E-state index is 11.2. The summed E-state index contributed by atoms with van der Waals surface area (Å²) in [5, 5.41) is 9.87. The van der Waals surface area contributed by atoms with Gasteiger partial charge in [-0.25, -0.2) is 4.79 Å². The van der Waals surface area contributed by atoms with Gasteiger partial charge in [0.25, 0.3) is 0 Å². The Morgan fingerprint density at radius 3 is 2.71 bits per heavy atom. The Morgan fingerprint density at radius 1 is 1.50 bits per heavy atom. The summed E-state index contributed by atoms with van der Waals surface area (Å²) in [4.78, 5) is 11.2. The van der Waals surface area contributed by atoms with E-state index in [2.05, 4.69) is 13.8 Å². The zero-order valence-corrected chi connectivity index (χ0v) is 8.83. The molecule has 0 spiro atoms. The van der Waals surface area contributed by atoms with Crippen LogP contribution in [0.4, 0.5) is 0 Å². The van der Waals surface area contributed by atoms with Crippen molar-refractivity contribution >= 4 is 5.97 Å². The van der Waals surface area contributed by atoms with Crippen molar-refractivity contribution in [2.24, 2.45) is 5.41 Å². The highest BCUT2D eigenvalue weighted by atomic mass is 16.6. The van der Waals surface area contributed by atoms with Gasteiger partial charge in [0.1, 0.15) is 0 Å². The van der Waals surface area contributed by atoms with Gasteiger partial charge in [-0.2, -0.15) is 0 Å². The molecule has 1 heterocycles. The molecule has 1 fully saturated rings. The van der Waals surface area contributed by atoms with E-state index in [1.165, 1.54) is 0 Å². The molecule has 3 heteroatoms. The summed E-state index contributed by atoms with van der Waals surface area (Å²) < 4.78 is 5.22. The van der Waals surface area contributed by atoms with Crippen molar-refractivity contribution < 1.29 is 14.6 Å². The minimum atomic E-state index is -0.779. The van der Waals surface area contributed by atoms with Crippen molar-refractivity contribution in [3.63, 3.8) is 0 Å². The Bertz CT molecular complexity index is 316. The van der Waals surface area contributed by atoms with Gasteiger partial charge in [-0.3, -0.25) is 0 Å². The molecule has 2 aliphatic rings. The zero-order chi connectivity index (χ0) is 10.6. The Labute approximate surface area is 83.8 Å². The molecule has 0 saturated heterocycles. The number of fused-ring (bicyclic) bond motifs is 1. The third-order valence-corrected chi connectivity index (χ3v) is 3.52. The second-order valence-corrected chi connectivity index (χ2v) is 5.02. The van der Waals surface area contributed by atoms with Crippen LogP contribution in [0.15, 0.2) is 11.6 Å². The topological polar surface area (TPSA) is 46.5 Å². The van der Waals surface area contributed by atoms with E-state index < -0.39 is 11.7 Å². The van der Waals surface area contributed by atoms with Gasteiger partial charge in [0.05, 0.1) is 6.10 Å². The average Bonchev–Trinajstić information content (AvgIpc) is 2.38. The van der Waals surface area contributed by atoms with E-state index in [0.29, 0.717) is 6.42 Å². The average molecular weight is 196 g/mol. The highest BCUT2D eigenvalue weighted by Gasteiger charge is 2.53. The van der Waals surface area contributed by atoms with Crippen molar-refractivity contribution in [1.29, 1.82) is 0 Å². The van der Waals surface area contributed by atoms with Crippen molar-refractivity contribution in [3.8, 4) is 0 Å². The zero-order valence-electron chi connectivity index (χ0n) is 8.83. The molecule has 1 aliphatic carbocycles. The number of ether oxygens (including phenoxy) is 1. The summed E-state index contributed by atoms with van der Waals surface area (Å²) in [6, 6.07) is 0. The molecule has 0 radical (unpaired) electrons. The van der Waals surface area contributed by atoms with E-state index in [1.807, 2.05) is 0 Å². The lowest BCUT2D eigenvalue weighted by molar-refractivity contribution is -0.157. The number of aliphatic hydroxyl groups is 1. The molecule has 1 N–H and O–H groups in total. The number of rotatable bonds is 0. The molecule has 0 amide bonds. The van der Waals surface area contributed by atoms with E-state index in [1.54, 1.807) is 13.0 Å².